The van der Waals surface area contributed by atoms with Crippen molar-refractivity contribution in [2.75, 3.05) is 26.6 Å². The van der Waals surface area contributed by atoms with Crippen molar-refractivity contribution in [1.82, 2.24) is 0 Å². The van der Waals surface area contributed by atoms with Gasteiger partial charge in [0.05, 0.1) is 26.6 Å². The summed E-state index contributed by atoms with van der Waals surface area (Å²) in [5.41, 5.74) is 0.637. The van der Waals surface area contributed by atoms with Gasteiger partial charge in [-0.05, 0) is 31.2 Å². The van der Waals surface area contributed by atoms with Gasteiger partial charge >= 0.3 is 0 Å². The Labute approximate surface area is 146 Å². The lowest BCUT2D eigenvalue weighted by Gasteiger charge is -2.14. The van der Waals surface area contributed by atoms with Gasteiger partial charge in [0.2, 0.25) is 5.91 Å². The molecule has 1 amide bonds. The van der Waals surface area contributed by atoms with Crippen molar-refractivity contribution in [3.8, 4) is 17.2 Å². The van der Waals surface area contributed by atoms with Crippen LogP contribution in [-0.4, -0.2) is 32.5 Å². The third-order valence-electron chi connectivity index (χ3n) is 3.36. The second-order valence-corrected chi connectivity index (χ2v) is 6.44. The van der Waals surface area contributed by atoms with E-state index in [2.05, 4.69) is 5.32 Å². The number of benzene rings is 2. The molecule has 128 valence electrons. The number of ether oxygens (including phenoxy) is 3. The molecule has 0 aliphatic heterocycles. The number of hydrogen-bond acceptors (Lipinski definition) is 5. The zero-order chi connectivity index (χ0) is 17.5. The summed E-state index contributed by atoms with van der Waals surface area (Å²) in [4.78, 5) is 13.4. The molecule has 0 aliphatic carbocycles. The molecule has 5 nitrogen and oxygen atoms in total. The van der Waals surface area contributed by atoms with Crippen LogP contribution in [0.15, 0.2) is 47.4 Å². The topological polar surface area (TPSA) is 56.8 Å². The summed E-state index contributed by atoms with van der Waals surface area (Å²) in [7, 11) is 4.77. The number of amides is 1. The van der Waals surface area contributed by atoms with Crippen molar-refractivity contribution in [1.29, 1.82) is 0 Å². The molecule has 6 heteroatoms. The van der Waals surface area contributed by atoms with Crippen LogP contribution in [0.3, 0.4) is 0 Å². The Morgan fingerprint density at radius 1 is 0.917 bits per heavy atom. The van der Waals surface area contributed by atoms with Crippen molar-refractivity contribution in [3.63, 3.8) is 0 Å². The molecule has 0 saturated carbocycles. The lowest BCUT2D eigenvalue weighted by molar-refractivity contribution is -0.115. The van der Waals surface area contributed by atoms with Crippen LogP contribution < -0.4 is 19.5 Å². The van der Waals surface area contributed by atoms with Crippen molar-refractivity contribution in [2.24, 2.45) is 0 Å². The Morgan fingerprint density at radius 3 is 1.96 bits per heavy atom. The van der Waals surface area contributed by atoms with E-state index in [9.17, 15) is 4.79 Å². The number of nitrogens with one attached hydrogen (secondary N) is 1. The average Bonchev–Trinajstić information content (AvgIpc) is 2.61. The van der Waals surface area contributed by atoms with Crippen LogP contribution in [-0.2, 0) is 4.79 Å². The van der Waals surface area contributed by atoms with Crippen LogP contribution in [0.5, 0.6) is 17.2 Å². The highest BCUT2D eigenvalue weighted by molar-refractivity contribution is 8.00. The second kappa shape index (κ2) is 8.49. The number of thioether (sulfide) groups is 1. The fraction of sp³-hybridized carbons (Fsp3) is 0.278. The van der Waals surface area contributed by atoms with Gasteiger partial charge in [-0.25, -0.2) is 0 Å². The molecule has 0 radical (unpaired) electrons. The molecule has 0 saturated heterocycles. The van der Waals surface area contributed by atoms with Gasteiger partial charge in [0, 0.05) is 28.8 Å². The van der Waals surface area contributed by atoms with Gasteiger partial charge in [0.25, 0.3) is 0 Å². The van der Waals surface area contributed by atoms with Gasteiger partial charge in [-0.3, -0.25) is 4.79 Å². The molecule has 0 heterocycles. The molecule has 2 aromatic rings. The maximum absolute atomic E-state index is 12.4. The van der Waals surface area contributed by atoms with E-state index in [0.29, 0.717) is 17.2 Å². The summed E-state index contributed by atoms with van der Waals surface area (Å²) in [6, 6.07) is 12.9. The molecule has 24 heavy (non-hydrogen) atoms. The first kappa shape index (κ1) is 18.0. The number of anilines is 1. The number of hydrogen-bond donors (Lipinski definition) is 1. The Kier molecular flexibility index (Phi) is 6.37. The maximum atomic E-state index is 12.4. The molecule has 2 aromatic carbocycles. The van der Waals surface area contributed by atoms with Crippen LogP contribution in [0.25, 0.3) is 0 Å². The predicted molar refractivity (Wildman–Crippen MR) is 96.5 cm³/mol. The minimum absolute atomic E-state index is 0.0916. The lowest BCUT2D eigenvalue weighted by atomic mass is 10.2. The lowest BCUT2D eigenvalue weighted by Crippen LogP contribution is -2.22. The first-order valence-corrected chi connectivity index (χ1v) is 8.28. The van der Waals surface area contributed by atoms with Crippen molar-refractivity contribution < 1.29 is 19.0 Å². The molecule has 2 rings (SSSR count). The minimum Gasteiger partial charge on any atom is -0.497 e. The largest absolute Gasteiger partial charge is 0.497 e. The average molecular weight is 347 g/mol. The van der Waals surface area contributed by atoms with E-state index in [1.807, 2.05) is 31.2 Å². The number of carbonyl (C=O) groups is 1. The van der Waals surface area contributed by atoms with Crippen LogP contribution in [0.1, 0.15) is 6.92 Å². The second-order valence-electron chi connectivity index (χ2n) is 5.03. The summed E-state index contributed by atoms with van der Waals surface area (Å²) in [6.07, 6.45) is 0. The van der Waals surface area contributed by atoms with E-state index < -0.39 is 0 Å². The molecule has 0 aromatic heterocycles. The van der Waals surface area contributed by atoms with Crippen LogP contribution in [0.4, 0.5) is 5.69 Å². The normalized spacial score (nSPS) is 11.5. The summed E-state index contributed by atoms with van der Waals surface area (Å²) in [5, 5.41) is 2.64. The van der Waals surface area contributed by atoms with E-state index >= 15 is 0 Å². The van der Waals surface area contributed by atoms with E-state index in [1.165, 1.54) is 11.8 Å². The van der Waals surface area contributed by atoms with Gasteiger partial charge in [0.15, 0.2) is 0 Å². The number of methoxy groups -OCH3 is 3. The highest BCUT2D eigenvalue weighted by Crippen LogP contribution is 2.28. The molecule has 0 fully saturated rings. The summed E-state index contributed by atoms with van der Waals surface area (Å²) in [6.45, 7) is 1.86. The Balaban J connectivity index is 2.02. The van der Waals surface area contributed by atoms with Crippen LogP contribution in [0.2, 0.25) is 0 Å². The van der Waals surface area contributed by atoms with E-state index in [0.717, 1.165) is 10.6 Å². The van der Waals surface area contributed by atoms with Gasteiger partial charge in [-0.2, -0.15) is 0 Å². The number of rotatable bonds is 7. The molecule has 0 aliphatic rings. The zero-order valence-corrected chi connectivity index (χ0v) is 15.0. The van der Waals surface area contributed by atoms with E-state index in [4.69, 9.17) is 14.2 Å². The standard InChI is InChI=1S/C18H21NO4S/c1-12(24-17-7-5-14(21-2)6-8-17)18(20)19-13-9-15(22-3)11-16(10-13)23-4/h5-12H,1-4H3,(H,19,20). The first-order valence-electron chi connectivity index (χ1n) is 7.40. The minimum atomic E-state index is -0.254. The van der Waals surface area contributed by atoms with Gasteiger partial charge in [0.1, 0.15) is 17.2 Å². The molecule has 1 unspecified atom stereocenters. The van der Waals surface area contributed by atoms with Crippen molar-refractivity contribution in [2.45, 2.75) is 17.1 Å². The smallest absolute Gasteiger partial charge is 0.237 e. The number of carbonyl (C=O) groups excluding carboxylic acids is 1. The Hall–Kier alpha value is -2.34. The fourth-order valence-electron chi connectivity index (χ4n) is 2.04. The first-order chi connectivity index (χ1) is 11.5. The van der Waals surface area contributed by atoms with Gasteiger partial charge in [-0.15, -0.1) is 11.8 Å². The highest BCUT2D eigenvalue weighted by Gasteiger charge is 2.15. The highest BCUT2D eigenvalue weighted by atomic mass is 32.2. The quantitative estimate of drug-likeness (QED) is 0.772. The van der Waals surface area contributed by atoms with E-state index in [-0.39, 0.29) is 11.2 Å². The molecule has 1 N–H and O–H groups in total. The van der Waals surface area contributed by atoms with Gasteiger partial charge < -0.3 is 19.5 Å². The molecule has 0 spiro atoms. The monoisotopic (exact) mass is 347 g/mol. The fourth-order valence-corrected chi connectivity index (χ4v) is 2.90. The third kappa shape index (κ3) is 4.83. The van der Waals surface area contributed by atoms with E-state index in [1.54, 1.807) is 39.5 Å². The SMILES string of the molecule is COc1ccc(SC(C)C(=O)Nc2cc(OC)cc(OC)c2)cc1. The van der Waals surface area contributed by atoms with Crippen LogP contribution >= 0.6 is 11.8 Å². The van der Waals surface area contributed by atoms with Gasteiger partial charge in [-0.1, -0.05) is 0 Å². The maximum Gasteiger partial charge on any atom is 0.237 e. The molecule has 0 bridgehead atoms. The Morgan fingerprint density at radius 2 is 1.46 bits per heavy atom. The van der Waals surface area contributed by atoms with Crippen molar-refractivity contribution in [3.05, 3.63) is 42.5 Å². The molecular weight excluding hydrogens is 326 g/mol. The third-order valence-corrected chi connectivity index (χ3v) is 4.47. The van der Waals surface area contributed by atoms with Crippen LogP contribution in [0, 0.1) is 0 Å². The predicted octanol–water partition coefficient (Wildman–Crippen LogP) is 3.83. The molecule has 1 atom stereocenters. The molecular formula is C18H21NO4S. The summed E-state index contributed by atoms with van der Waals surface area (Å²) in [5.74, 6) is 1.95. The Bertz CT molecular complexity index is 666. The van der Waals surface area contributed by atoms with Crippen molar-refractivity contribution >= 4 is 23.4 Å². The zero-order valence-electron chi connectivity index (χ0n) is 14.2. The summed E-state index contributed by atoms with van der Waals surface area (Å²) >= 11 is 1.48. The summed E-state index contributed by atoms with van der Waals surface area (Å²) < 4.78 is 15.5.